The summed E-state index contributed by atoms with van der Waals surface area (Å²) in [5.74, 6) is 1.38. The first-order valence-corrected chi connectivity index (χ1v) is 17.5. The normalized spacial score (nSPS) is 14.7. The Bertz CT molecular complexity index is 3110. The molecule has 5 heteroatoms. The van der Waals surface area contributed by atoms with E-state index in [-0.39, 0.29) is 0 Å². The van der Waals surface area contributed by atoms with Crippen molar-refractivity contribution in [3.63, 3.8) is 0 Å². The second kappa shape index (κ2) is 11.3. The maximum Gasteiger partial charge on any atom is 0.160 e. The van der Waals surface area contributed by atoms with Crippen LogP contribution in [-0.2, 0) is 0 Å². The Labute approximate surface area is 298 Å². The number of furan rings is 2. The second-order valence-electron chi connectivity index (χ2n) is 13.3. The van der Waals surface area contributed by atoms with Crippen molar-refractivity contribution in [2.75, 3.05) is 0 Å². The van der Waals surface area contributed by atoms with Gasteiger partial charge in [0, 0.05) is 43.8 Å². The lowest BCUT2D eigenvalue weighted by Crippen LogP contribution is -2.33. The van der Waals surface area contributed by atoms with Gasteiger partial charge in [0.2, 0.25) is 0 Å². The summed E-state index contributed by atoms with van der Waals surface area (Å²) in [4.78, 5) is 10.9. The van der Waals surface area contributed by atoms with E-state index in [1.165, 1.54) is 16.2 Å². The van der Waals surface area contributed by atoms with Gasteiger partial charge in [-0.1, -0.05) is 133 Å². The first kappa shape index (κ1) is 28.8. The third-order valence-corrected chi connectivity index (χ3v) is 10.3. The topological polar surface area (TPSA) is 63.0 Å². The number of aliphatic imine (C=N–C) groups is 2. The average Bonchev–Trinajstić information content (AvgIpc) is 3.79. The highest BCUT2D eigenvalue weighted by Gasteiger charge is 2.28. The first-order valence-electron chi connectivity index (χ1n) is 17.5. The van der Waals surface area contributed by atoms with Crippen molar-refractivity contribution < 1.29 is 8.83 Å². The van der Waals surface area contributed by atoms with E-state index in [2.05, 4.69) is 127 Å². The molecule has 0 saturated heterocycles. The Hall–Kier alpha value is -6.98. The van der Waals surface area contributed by atoms with Crippen LogP contribution in [0.25, 0.3) is 76.5 Å². The number of benzene rings is 8. The number of nitrogens with zero attached hydrogens (tertiary/aromatic N) is 2. The highest BCUT2D eigenvalue weighted by molar-refractivity contribution is 6.26. The third kappa shape index (κ3) is 4.36. The zero-order valence-electron chi connectivity index (χ0n) is 27.9. The molecule has 0 radical (unpaired) electrons. The fraction of sp³-hybridized carbons (Fsp3) is 0.0213. The van der Waals surface area contributed by atoms with Gasteiger partial charge in [0.05, 0.1) is 0 Å². The summed E-state index contributed by atoms with van der Waals surface area (Å²) in [6.45, 7) is 0. The Morgan fingerprint density at radius 2 is 1.15 bits per heavy atom. The quantitative estimate of drug-likeness (QED) is 0.190. The van der Waals surface area contributed by atoms with Crippen LogP contribution < -0.4 is 5.32 Å². The average molecular weight is 668 g/mol. The van der Waals surface area contributed by atoms with Crippen molar-refractivity contribution >= 4 is 77.1 Å². The Morgan fingerprint density at radius 3 is 2.00 bits per heavy atom. The molecule has 1 unspecified atom stereocenters. The summed E-state index contributed by atoms with van der Waals surface area (Å²) in [6.07, 6.45) is -0.430. The third-order valence-electron chi connectivity index (χ3n) is 10.3. The summed E-state index contributed by atoms with van der Waals surface area (Å²) in [5, 5.41) is 12.6. The van der Waals surface area contributed by atoms with E-state index < -0.39 is 6.17 Å². The number of hydrogen-bond acceptors (Lipinski definition) is 5. The summed E-state index contributed by atoms with van der Waals surface area (Å²) in [6, 6.07) is 56.7. The van der Waals surface area contributed by atoms with Gasteiger partial charge in [-0.15, -0.1) is 0 Å². The molecular formula is C47H29N3O2. The lowest BCUT2D eigenvalue weighted by Gasteiger charge is -2.26. The highest BCUT2D eigenvalue weighted by Crippen LogP contribution is 2.43. The number of nitrogens with one attached hydrogen (secondary N) is 1. The van der Waals surface area contributed by atoms with Crippen LogP contribution in [-0.4, -0.2) is 11.7 Å². The fourth-order valence-corrected chi connectivity index (χ4v) is 8.00. The molecule has 11 rings (SSSR count). The molecular weight excluding hydrogens is 639 g/mol. The van der Waals surface area contributed by atoms with Gasteiger partial charge in [0.1, 0.15) is 34.3 Å². The van der Waals surface area contributed by atoms with Crippen molar-refractivity contribution in [2.45, 2.75) is 6.17 Å². The molecule has 1 aliphatic rings. The Morgan fingerprint density at radius 1 is 0.481 bits per heavy atom. The SMILES string of the molecule is c1ccc(C2=NC(c3c(-c4cccc5c4oc4ccccc45)ccc4oc5ccccc5c34)=NC(c3cc4ccccc4c4ccccc34)N2)cc1. The molecule has 1 aliphatic heterocycles. The van der Waals surface area contributed by atoms with E-state index in [4.69, 9.17) is 18.8 Å². The molecule has 0 spiro atoms. The molecule has 1 atom stereocenters. The van der Waals surface area contributed by atoms with Gasteiger partial charge in [0.25, 0.3) is 0 Å². The number of rotatable bonds is 4. The predicted molar refractivity (Wildman–Crippen MR) is 213 cm³/mol. The van der Waals surface area contributed by atoms with Crippen LogP contribution in [0.2, 0.25) is 0 Å². The zero-order valence-corrected chi connectivity index (χ0v) is 27.9. The van der Waals surface area contributed by atoms with Gasteiger partial charge in [-0.05, 0) is 57.4 Å². The Balaban J connectivity index is 1.24. The van der Waals surface area contributed by atoms with Crippen molar-refractivity contribution in [1.82, 2.24) is 5.32 Å². The second-order valence-corrected chi connectivity index (χ2v) is 13.3. The van der Waals surface area contributed by atoms with Crippen LogP contribution >= 0.6 is 0 Å². The van der Waals surface area contributed by atoms with Crippen LogP contribution in [0.1, 0.15) is 22.9 Å². The van der Waals surface area contributed by atoms with Gasteiger partial charge in [-0.25, -0.2) is 9.98 Å². The lowest BCUT2D eigenvalue weighted by molar-refractivity contribution is 0.668. The van der Waals surface area contributed by atoms with Crippen molar-refractivity contribution in [3.8, 4) is 11.1 Å². The van der Waals surface area contributed by atoms with E-state index >= 15 is 0 Å². The lowest BCUT2D eigenvalue weighted by atomic mass is 9.92. The smallest absolute Gasteiger partial charge is 0.160 e. The van der Waals surface area contributed by atoms with E-state index in [9.17, 15) is 0 Å². The minimum absolute atomic E-state index is 0.430. The molecule has 3 heterocycles. The minimum atomic E-state index is -0.430. The minimum Gasteiger partial charge on any atom is -0.456 e. The molecule has 0 fully saturated rings. The van der Waals surface area contributed by atoms with Gasteiger partial charge < -0.3 is 14.2 Å². The van der Waals surface area contributed by atoms with E-state index in [1.54, 1.807) is 0 Å². The molecule has 0 aliphatic carbocycles. The van der Waals surface area contributed by atoms with Crippen molar-refractivity contribution in [2.24, 2.45) is 9.98 Å². The highest BCUT2D eigenvalue weighted by atomic mass is 16.3. The van der Waals surface area contributed by atoms with Gasteiger partial charge in [-0.3, -0.25) is 0 Å². The number of para-hydroxylation sites is 3. The zero-order chi connectivity index (χ0) is 34.2. The predicted octanol–water partition coefficient (Wildman–Crippen LogP) is 12.0. The molecule has 1 N–H and O–H groups in total. The van der Waals surface area contributed by atoms with Crippen molar-refractivity contribution in [3.05, 3.63) is 180 Å². The van der Waals surface area contributed by atoms with Gasteiger partial charge >= 0.3 is 0 Å². The molecule has 0 amide bonds. The van der Waals surface area contributed by atoms with Crippen LogP contribution in [0, 0.1) is 0 Å². The van der Waals surface area contributed by atoms with Crippen LogP contribution in [0.4, 0.5) is 0 Å². The van der Waals surface area contributed by atoms with Gasteiger partial charge in [-0.2, -0.15) is 0 Å². The van der Waals surface area contributed by atoms with Crippen LogP contribution in [0.5, 0.6) is 0 Å². The van der Waals surface area contributed by atoms with E-state index in [0.717, 1.165) is 82.9 Å². The Kier molecular flexibility index (Phi) is 6.25. The molecule has 2 aromatic heterocycles. The molecule has 8 aromatic carbocycles. The summed E-state index contributed by atoms with van der Waals surface area (Å²) in [5.41, 5.74) is 8.20. The summed E-state index contributed by atoms with van der Waals surface area (Å²) in [7, 11) is 0. The van der Waals surface area contributed by atoms with E-state index in [0.29, 0.717) is 5.84 Å². The molecule has 10 aromatic rings. The molecule has 244 valence electrons. The monoisotopic (exact) mass is 667 g/mol. The number of fused-ring (bicyclic) bond motifs is 9. The summed E-state index contributed by atoms with van der Waals surface area (Å²) < 4.78 is 13.1. The molecule has 0 saturated carbocycles. The largest absolute Gasteiger partial charge is 0.456 e. The van der Waals surface area contributed by atoms with E-state index in [1.807, 2.05) is 42.5 Å². The first-order chi connectivity index (χ1) is 25.8. The number of amidine groups is 2. The van der Waals surface area contributed by atoms with Crippen LogP contribution in [0.15, 0.2) is 183 Å². The summed E-state index contributed by atoms with van der Waals surface area (Å²) >= 11 is 0. The molecule has 5 nitrogen and oxygen atoms in total. The maximum absolute atomic E-state index is 6.62. The molecule has 0 bridgehead atoms. The molecule has 52 heavy (non-hydrogen) atoms. The van der Waals surface area contributed by atoms with Gasteiger partial charge in [0.15, 0.2) is 5.84 Å². The standard InChI is InChI=1S/C47H29N3O2/c1-2-13-28(14-3-1)45-48-46(38-27-29-15-4-5-16-30(29)31-17-6-7-18-32(31)38)50-47(49-45)43-34(25-26-41-42(43)37-20-9-11-24-40(37)51-41)36-22-12-21-35-33-19-8-10-23-39(33)52-44(35)36/h1-27,46H,(H,48,49,50). The fourth-order valence-electron chi connectivity index (χ4n) is 8.00. The van der Waals surface area contributed by atoms with Crippen LogP contribution in [0.3, 0.4) is 0 Å². The number of hydrogen-bond donors (Lipinski definition) is 1. The maximum atomic E-state index is 6.62. The van der Waals surface area contributed by atoms with Crippen molar-refractivity contribution in [1.29, 1.82) is 0 Å².